The first-order valence-corrected chi connectivity index (χ1v) is 6.93. The van der Waals surface area contributed by atoms with E-state index in [1.807, 2.05) is 50.3 Å². The van der Waals surface area contributed by atoms with E-state index < -0.39 is 0 Å². The third-order valence-corrected chi connectivity index (χ3v) is 2.60. The molecule has 4 heteroatoms. The topological polar surface area (TPSA) is 47.6 Å². The Morgan fingerprint density at radius 2 is 1.90 bits per heavy atom. The first kappa shape index (κ1) is 16.4. The minimum atomic E-state index is -0.214. The molecule has 0 atom stereocenters. The highest BCUT2D eigenvalue weighted by atomic mass is 16.7. The Hall–Kier alpha value is -1.65. The van der Waals surface area contributed by atoms with Crippen molar-refractivity contribution in [3.63, 3.8) is 0 Å². The molecular weight excluding hydrogens is 254 g/mol. The van der Waals surface area contributed by atoms with Gasteiger partial charge < -0.3 is 14.8 Å². The molecule has 0 aliphatic heterocycles. The molecule has 0 saturated carbocycles. The van der Waals surface area contributed by atoms with Gasteiger partial charge in [0.15, 0.2) is 6.29 Å². The van der Waals surface area contributed by atoms with E-state index in [4.69, 9.17) is 9.47 Å². The number of hydrogen-bond donors (Lipinski definition) is 1. The largest absolute Gasteiger partial charge is 0.353 e. The predicted octanol–water partition coefficient (Wildman–Crippen LogP) is 3.45. The lowest BCUT2D eigenvalue weighted by atomic mass is 10.1. The Kier molecular flexibility index (Phi) is 7.62. The third kappa shape index (κ3) is 5.99. The quantitative estimate of drug-likeness (QED) is 0.740. The number of ether oxygens (including phenoxy) is 2. The van der Waals surface area contributed by atoms with Crippen LogP contribution in [0.5, 0.6) is 0 Å². The summed E-state index contributed by atoms with van der Waals surface area (Å²) in [5.41, 5.74) is 1.77. The number of carbonyl (C=O) groups excluding carboxylic acids is 1. The van der Waals surface area contributed by atoms with Crippen LogP contribution in [0.15, 0.2) is 30.3 Å². The van der Waals surface area contributed by atoms with Gasteiger partial charge in [-0.05, 0) is 25.5 Å². The highest BCUT2D eigenvalue weighted by molar-refractivity contribution is 5.91. The lowest BCUT2D eigenvalue weighted by Gasteiger charge is -2.14. The van der Waals surface area contributed by atoms with Crippen LogP contribution in [0.2, 0.25) is 0 Å². The molecule has 110 valence electrons. The second-order valence-corrected chi connectivity index (χ2v) is 4.25. The molecule has 0 aliphatic carbocycles. The van der Waals surface area contributed by atoms with E-state index in [0.717, 1.165) is 11.3 Å². The van der Waals surface area contributed by atoms with Crippen molar-refractivity contribution in [3.05, 3.63) is 35.9 Å². The van der Waals surface area contributed by atoms with E-state index in [1.54, 1.807) is 0 Å². The van der Waals surface area contributed by atoms with Crippen molar-refractivity contribution < 1.29 is 14.3 Å². The van der Waals surface area contributed by atoms with Crippen LogP contribution in [0.1, 0.15) is 32.8 Å². The minimum Gasteiger partial charge on any atom is -0.353 e. The Morgan fingerprint density at radius 3 is 2.50 bits per heavy atom. The molecule has 0 fully saturated rings. The van der Waals surface area contributed by atoms with Gasteiger partial charge in [-0.3, -0.25) is 4.79 Å². The lowest BCUT2D eigenvalue weighted by molar-refractivity contribution is -0.133. The molecule has 0 spiro atoms. The van der Waals surface area contributed by atoms with Gasteiger partial charge in [-0.25, -0.2) is 0 Å². The summed E-state index contributed by atoms with van der Waals surface area (Å²) in [7, 11) is 0. The summed E-state index contributed by atoms with van der Waals surface area (Å²) >= 11 is 0. The van der Waals surface area contributed by atoms with Gasteiger partial charge in [-0.2, -0.15) is 0 Å². The standard InChI is InChI=1S/C16H23NO3/c1-4-19-16(20-5-2)12-8-10-14-9-6-7-11-15(14)17-13(3)18/h6-11,16H,4-5,12H2,1-3H3,(H,17,18)/b10-8+. The number of benzene rings is 1. The maximum Gasteiger partial charge on any atom is 0.221 e. The zero-order chi connectivity index (χ0) is 14.8. The Bertz CT molecular complexity index is 437. The maximum atomic E-state index is 11.1. The third-order valence-electron chi connectivity index (χ3n) is 2.60. The van der Waals surface area contributed by atoms with Crippen molar-refractivity contribution in [2.75, 3.05) is 18.5 Å². The fourth-order valence-corrected chi connectivity index (χ4v) is 1.81. The van der Waals surface area contributed by atoms with Gasteiger partial charge >= 0.3 is 0 Å². The fraction of sp³-hybridized carbons (Fsp3) is 0.438. The van der Waals surface area contributed by atoms with Gasteiger partial charge in [0, 0.05) is 32.2 Å². The second kappa shape index (κ2) is 9.28. The maximum absolute atomic E-state index is 11.1. The average molecular weight is 277 g/mol. The number of rotatable bonds is 8. The molecule has 1 rings (SSSR count). The lowest BCUT2D eigenvalue weighted by Crippen LogP contribution is -2.16. The Balaban J connectivity index is 2.66. The molecule has 20 heavy (non-hydrogen) atoms. The van der Waals surface area contributed by atoms with Crippen molar-refractivity contribution in [2.45, 2.75) is 33.5 Å². The van der Waals surface area contributed by atoms with Crippen LogP contribution in [-0.4, -0.2) is 25.4 Å². The van der Waals surface area contributed by atoms with Crippen LogP contribution >= 0.6 is 0 Å². The van der Waals surface area contributed by atoms with E-state index >= 15 is 0 Å². The summed E-state index contributed by atoms with van der Waals surface area (Å²) in [5, 5.41) is 2.81. The van der Waals surface area contributed by atoms with Crippen molar-refractivity contribution >= 4 is 17.7 Å². The molecule has 0 heterocycles. The second-order valence-electron chi connectivity index (χ2n) is 4.25. The summed E-state index contributed by atoms with van der Waals surface area (Å²) in [6.45, 7) is 6.65. The van der Waals surface area contributed by atoms with E-state index in [2.05, 4.69) is 5.32 Å². The Labute approximate surface area is 120 Å². The van der Waals surface area contributed by atoms with Crippen molar-refractivity contribution in [3.8, 4) is 0 Å². The molecule has 0 unspecified atom stereocenters. The molecule has 4 nitrogen and oxygen atoms in total. The van der Waals surface area contributed by atoms with Gasteiger partial charge in [0.1, 0.15) is 0 Å². The zero-order valence-corrected chi connectivity index (χ0v) is 12.4. The molecule has 0 aromatic heterocycles. The summed E-state index contributed by atoms with van der Waals surface area (Å²) in [6.07, 6.45) is 4.43. The van der Waals surface area contributed by atoms with Crippen LogP contribution in [0.4, 0.5) is 5.69 Å². The summed E-state index contributed by atoms with van der Waals surface area (Å²) in [4.78, 5) is 11.1. The predicted molar refractivity (Wildman–Crippen MR) is 81.4 cm³/mol. The molecule has 0 radical (unpaired) electrons. The van der Waals surface area contributed by atoms with Gasteiger partial charge in [-0.15, -0.1) is 0 Å². The number of nitrogens with one attached hydrogen (secondary N) is 1. The van der Waals surface area contributed by atoms with E-state index in [-0.39, 0.29) is 12.2 Å². The highest BCUT2D eigenvalue weighted by Gasteiger charge is 2.05. The molecule has 1 aromatic carbocycles. The molecule has 0 aliphatic rings. The summed E-state index contributed by atoms with van der Waals surface area (Å²) in [6, 6.07) is 7.67. The monoisotopic (exact) mass is 277 g/mol. The molecular formula is C16H23NO3. The van der Waals surface area contributed by atoms with Crippen molar-refractivity contribution in [1.29, 1.82) is 0 Å². The van der Waals surface area contributed by atoms with Crippen molar-refractivity contribution in [1.82, 2.24) is 0 Å². The molecule has 0 saturated heterocycles. The van der Waals surface area contributed by atoms with Crippen LogP contribution in [0, 0.1) is 0 Å². The van der Waals surface area contributed by atoms with E-state index in [1.165, 1.54) is 6.92 Å². The molecule has 0 bridgehead atoms. The number of carbonyl (C=O) groups is 1. The van der Waals surface area contributed by atoms with Crippen molar-refractivity contribution in [2.24, 2.45) is 0 Å². The smallest absolute Gasteiger partial charge is 0.221 e. The zero-order valence-electron chi connectivity index (χ0n) is 12.4. The Morgan fingerprint density at radius 1 is 1.25 bits per heavy atom. The van der Waals surface area contributed by atoms with Gasteiger partial charge in [0.05, 0.1) is 0 Å². The summed E-state index contributed by atoms with van der Waals surface area (Å²) < 4.78 is 10.9. The number of para-hydroxylation sites is 1. The minimum absolute atomic E-state index is 0.0765. The van der Waals surface area contributed by atoms with Crippen LogP contribution in [0.3, 0.4) is 0 Å². The van der Waals surface area contributed by atoms with Gasteiger partial charge in [0.2, 0.25) is 5.91 Å². The average Bonchev–Trinajstić information content (AvgIpc) is 2.40. The fourth-order valence-electron chi connectivity index (χ4n) is 1.81. The van der Waals surface area contributed by atoms with E-state index in [9.17, 15) is 4.79 Å². The van der Waals surface area contributed by atoms with Crippen LogP contribution in [0.25, 0.3) is 6.08 Å². The molecule has 1 N–H and O–H groups in total. The number of anilines is 1. The molecule has 1 aromatic rings. The highest BCUT2D eigenvalue weighted by Crippen LogP contribution is 2.17. The van der Waals surface area contributed by atoms with Gasteiger partial charge in [0.25, 0.3) is 0 Å². The van der Waals surface area contributed by atoms with Crippen LogP contribution in [-0.2, 0) is 14.3 Å². The number of amides is 1. The first-order chi connectivity index (χ1) is 9.67. The number of hydrogen-bond acceptors (Lipinski definition) is 3. The van der Waals surface area contributed by atoms with Gasteiger partial charge in [-0.1, -0.05) is 30.4 Å². The summed E-state index contributed by atoms with van der Waals surface area (Å²) in [5.74, 6) is -0.0765. The van der Waals surface area contributed by atoms with E-state index in [0.29, 0.717) is 19.6 Å². The normalized spacial score (nSPS) is 11.2. The molecule has 1 amide bonds. The first-order valence-electron chi connectivity index (χ1n) is 6.93. The SMILES string of the molecule is CCOC(C/C=C/c1ccccc1NC(C)=O)OCC. The van der Waals surface area contributed by atoms with Crippen LogP contribution < -0.4 is 5.32 Å².